The first kappa shape index (κ1) is 15.2. The number of para-hydroxylation sites is 1. The molecule has 4 nitrogen and oxygen atoms in total. The van der Waals surface area contributed by atoms with Gasteiger partial charge in [0, 0.05) is 5.30 Å². The van der Waals surface area contributed by atoms with Crippen molar-refractivity contribution in [3.8, 4) is 0 Å². The molecule has 2 rings (SSSR count). The zero-order valence-electron chi connectivity index (χ0n) is 10.7. The average Bonchev–Trinajstić information content (AvgIpc) is 2.35. The van der Waals surface area contributed by atoms with Gasteiger partial charge >= 0.3 is 0 Å². The summed E-state index contributed by atoms with van der Waals surface area (Å²) in [6, 6.07) is 4.37. The van der Waals surface area contributed by atoms with Gasteiger partial charge in [-0.25, -0.2) is 9.37 Å². The topological polar surface area (TPSA) is 54.9 Å². The highest BCUT2D eigenvalue weighted by molar-refractivity contribution is 7.70. The van der Waals surface area contributed by atoms with Crippen LogP contribution in [0.3, 0.4) is 0 Å². The van der Waals surface area contributed by atoms with Crippen LogP contribution in [0.2, 0.25) is 10.3 Å². The van der Waals surface area contributed by atoms with Crippen molar-refractivity contribution < 1.29 is 8.96 Å². The first-order valence-electron chi connectivity index (χ1n) is 5.58. The lowest BCUT2D eigenvalue weighted by molar-refractivity contribution is 0.588. The third-order valence-corrected chi connectivity index (χ3v) is 4.52. The van der Waals surface area contributed by atoms with Gasteiger partial charge in [0.05, 0.1) is 11.9 Å². The molecule has 0 atom stereocenters. The van der Waals surface area contributed by atoms with Crippen molar-refractivity contribution in [1.82, 2.24) is 9.97 Å². The van der Waals surface area contributed by atoms with Gasteiger partial charge in [-0.05, 0) is 37.1 Å². The van der Waals surface area contributed by atoms with E-state index in [1.165, 1.54) is 18.3 Å². The van der Waals surface area contributed by atoms with Crippen LogP contribution in [0.4, 0.5) is 15.9 Å². The fourth-order valence-electron chi connectivity index (χ4n) is 1.64. The maximum atomic E-state index is 14.0. The number of halogens is 3. The standard InChI is InChI=1S/C12H11Cl2FN3OP/c1-20(2,19)9-5-3-4-8(15)10(9)17-11-7(13)6-16-12(14)18-11/h3-6H,1-2H3,(H,16,17,18). The van der Waals surface area contributed by atoms with Crippen molar-refractivity contribution in [2.75, 3.05) is 18.6 Å². The quantitative estimate of drug-likeness (QED) is 0.683. The second-order valence-corrected chi connectivity index (χ2v) is 8.37. The Kier molecular flexibility index (Phi) is 4.33. The molecule has 0 bridgehead atoms. The highest BCUT2D eigenvalue weighted by Crippen LogP contribution is 2.39. The van der Waals surface area contributed by atoms with Crippen LogP contribution < -0.4 is 10.6 Å². The summed E-state index contributed by atoms with van der Waals surface area (Å²) < 4.78 is 26.2. The molecule has 1 N–H and O–H groups in total. The Morgan fingerprint density at radius 2 is 2.00 bits per heavy atom. The third-order valence-electron chi connectivity index (χ3n) is 2.53. The van der Waals surface area contributed by atoms with E-state index in [-0.39, 0.29) is 21.8 Å². The molecular weight excluding hydrogens is 323 g/mol. The molecule has 106 valence electrons. The summed E-state index contributed by atoms with van der Waals surface area (Å²) >= 11 is 11.6. The highest BCUT2D eigenvalue weighted by Gasteiger charge is 2.20. The molecule has 0 unspecified atom stereocenters. The molecule has 2 aromatic rings. The molecule has 1 aromatic heterocycles. The van der Waals surface area contributed by atoms with Crippen LogP contribution in [-0.2, 0) is 4.57 Å². The first-order chi connectivity index (χ1) is 9.29. The minimum absolute atomic E-state index is 0.0223. The van der Waals surface area contributed by atoms with Crippen molar-refractivity contribution >= 4 is 47.2 Å². The molecule has 0 fully saturated rings. The largest absolute Gasteiger partial charge is 0.336 e. The molecular formula is C12H11Cl2FN3OP. The average molecular weight is 334 g/mol. The minimum atomic E-state index is -2.67. The Bertz CT molecular complexity index is 705. The maximum Gasteiger partial charge on any atom is 0.224 e. The van der Waals surface area contributed by atoms with Crippen molar-refractivity contribution in [2.24, 2.45) is 0 Å². The predicted octanol–water partition coefficient (Wildman–Crippen LogP) is 3.91. The number of hydrogen-bond donors (Lipinski definition) is 1. The first-order valence-corrected chi connectivity index (χ1v) is 8.94. The normalized spacial score (nSPS) is 11.4. The number of anilines is 2. The number of nitrogens with zero attached hydrogens (tertiary/aromatic N) is 2. The van der Waals surface area contributed by atoms with Crippen LogP contribution >= 0.6 is 30.3 Å². The number of benzene rings is 1. The molecule has 1 aromatic carbocycles. The number of aromatic nitrogens is 2. The van der Waals surface area contributed by atoms with E-state index < -0.39 is 13.0 Å². The Hall–Kier alpha value is -1.16. The van der Waals surface area contributed by atoms with Gasteiger partial charge in [0.15, 0.2) is 5.82 Å². The fraction of sp³-hybridized carbons (Fsp3) is 0.167. The van der Waals surface area contributed by atoms with E-state index in [9.17, 15) is 8.96 Å². The minimum Gasteiger partial charge on any atom is -0.336 e. The van der Waals surface area contributed by atoms with Gasteiger partial charge in [0.25, 0.3) is 0 Å². The lowest BCUT2D eigenvalue weighted by atomic mass is 10.3. The zero-order valence-corrected chi connectivity index (χ0v) is 13.1. The van der Waals surface area contributed by atoms with Crippen molar-refractivity contribution in [1.29, 1.82) is 0 Å². The second-order valence-electron chi connectivity index (χ2n) is 4.45. The number of nitrogens with one attached hydrogen (secondary N) is 1. The van der Waals surface area contributed by atoms with Crippen molar-refractivity contribution in [3.05, 3.63) is 40.5 Å². The van der Waals surface area contributed by atoms with E-state index in [2.05, 4.69) is 15.3 Å². The van der Waals surface area contributed by atoms with Crippen molar-refractivity contribution in [2.45, 2.75) is 0 Å². The van der Waals surface area contributed by atoms with E-state index in [0.717, 1.165) is 0 Å². The van der Waals surface area contributed by atoms with E-state index in [0.29, 0.717) is 5.30 Å². The SMILES string of the molecule is CP(C)(=O)c1cccc(F)c1Nc1nc(Cl)ncc1Cl. The van der Waals surface area contributed by atoms with Crippen LogP contribution in [0.1, 0.15) is 0 Å². The lowest BCUT2D eigenvalue weighted by Crippen LogP contribution is -2.12. The Balaban J connectivity index is 2.54. The van der Waals surface area contributed by atoms with Crippen LogP contribution in [0.15, 0.2) is 24.4 Å². The van der Waals surface area contributed by atoms with E-state index in [4.69, 9.17) is 23.2 Å². The van der Waals surface area contributed by atoms with Crippen LogP contribution in [-0.4, -0.2) is 23.3 Å². The molecule has 0 saturated heterocycles. The van der Waals surface area contributed by atoms with Crippen molar-refractivity contribution in [3.63, 3.8) is 0 Å². The van der Waals surface area contributed by atoms with Gasteiger partial charge in [0.1, 0.15) is 18.0 Å². The van der Waals surface area contributed by atoms with Gasteiger partial charge in [-0.3, -0.25) is 0 Å². The molecule has 0 radical (unpaired) electrons. The zero-order chi connectivity index (χ0) is 14.9. The lowest BCUT2D eigenvalue weighted by Gasteiger charge is -2.16. The summed E-state index contributed by atoms with van der Waals surface area (Å²) in [4.78, 5) is 7.60. The second kappa shape index (κ2) is 5.68. The molecule has 8 heteroatoms. The molecule has 0 aliphatic carbocycles. The van der Waals surface area contributed by atoms with E-state index in [1.54, 1.807) is 19.4 Å². The monoisotopic (exact) mass is 333 g/mol. The van der Waals surface area contributed by atoms with Gasteiger partial charge in [0.2, 0.25) is 5.28 Å². The maximum absolute atomic E-state index is 14.0. The summed E-state index contributed by atoms with van der Waals surface area (Å²) in [6.07, 6.45) is 1.30. The Morgan fingerprint density at radius 1 is 1.30 bits per heavy atom. The van der Waals surface area contributed by atoms with Crippen LogP contribution in [0, 0.1) is 5.82 Å². The Morgan fingerprint density at radius 3 is 2.65 bits per heavy atom. The van der Waals surface area contributed by atoms with Gasteiger partial charge < -0.3 is 9.88 Å². The molecule has 0 spiro atoms. The van der Waals surface area contributed by atoms with Crippen LogP contribution in [0.25, 0.3) is 0 Å². The summed E-state index contributed by atoms with van der Waals surface area (Å²) in [6.45, 7) is 3.11. The Labute approximate surface area is 125 Å². The summed E-state index contributed by atoms with van der Waals surface area (Å²) in [5.74, 6) is -0.385. The molecule has 0 aliphatic rings. The van der Waals surface area contributed by atoms with E-state index >= 15 is 0 Å². The van der Waals surface area contributed by atoms with Crippen LogP contribution in [0.5, 0.6) is 0 Å². The fourth-order valence-corrected chi connectivity index (χ4v) is 3.05. The summed E-state index contributed by atoms with van der Waals surface area (Å²) in [5.41, 5.74) is 0.0810. The summed E-state index contributed by atoms with van der Waals surface area (Å²) in [7, 11) is -2.67. The molecule has 0 aliphatic heterocycles. The molecule has 20 heavy (non-hydrogen) atoms. The highest BCUT2D eigenvalue weighted by atomic mass is 35.5. The smallest absolute Gasteiger partial charge is 0.224 e. The number of hydrogen-bond acceptors (Lipinski definition) is 4. The summed E-state index contributed by atoms with van der Waals surface area (Å²) in [5, 5.41) is 3.28. The number of rotatable bonds is 3. The van der Waals surface area contributed by atoms with E-state index in [1.807, 2.05) is 0 Å². The molecule has 0 amide bonds. The van der Waals surface area contributed by atoms with Gasteiger partial charge in [-0.2, -0.15) is 4.98 Å². The molecule has 0 saturated carbocycles. The predicted molar refractivity (Wildman–Crippen MR) is 80.8 cm³/mol. The third kappa shape index (κ3) is 3.29. The van der Waals surface area contributed by atoms with Gasteiger partial charge in [-0.1, -0.05) is 17.7 Å². The van der Waals surface area contributed by atoms with Gasteiger partial charge in [-0.15, -0.1) is 0 Å². The molecule has 1 heterocycles.